The molecule has 11 heteroatoms. The van der Waals surface area contributed by atoms with Crippen molar-refractivity contribution in [3.63, 3.8) is 0 Å². The topological polar surface area (TPSA) is 112 Å². The van der Waals surface area contributed by atoms with E-state index in [1.807, 2.05) is 26.8 Å². The predicted octanol–water partition coefficient (Wildman–Crippen LogP) is 3.34. The van der Waals surface area contributed by atoms with E-state index in [9.17, 15) is 13.2 Å². The molecule has 0 fully saturated rings. The Balaban J connectivity index is 1.47. The number of carbonyl (C=O) groups excluding carboxylic acids is 1. The Hall–Kier alpha value is -3.73. The van der Waals surface area contributed by atoms with Gasteiger partial charge in [0.2, 0.25) is 0 Å². The Morgan fingerprint density at radius 1 is 1.12 bits per heavy atom. The SMILES string of the molecule is CC(C)(C)OC(=O)N1CC=C(c2cnc3cnn(S(=O)(=O)c4cnc5ccccn45)c3c2)CC1. The number of nitrogens with zero attached hydrogens (tertiary/aromatic N) is 6. The van der Waals surface area contributed by atoms with Gasteiger partial charge in [-0.1, -0.05) is 12.1 Å². The third-order valence-corrected chi connectivity index (χ3v) is 7.07. The second kappa shape index (κ2) is 7.94. The van der Waals surface area contributed by atoms with Gasteiger partial charge in [0, 0.05) is 25.5 Å². The van der Waals surface area contributed by atoms with Gasteiger partial charge in [0.25, 0.3) is 0 Å². The second-order valence-corrected chi connectivity index (χ2v) is 10.8. The molecule has 176 valence electrons. The number of hydrogen-bond acceptors (Lipinski definition) is 7. The second-order valence-electron chi connectivity index (χ2n) is 9.05. The molecule has 4 aromatic heterocycles. The molecule has 1 amide bonds. The van der Waals surface area contributed by atoms with E-state index in [4.69, 9.17) is 4.74 Å². The van der Waals surface area contributed by atoms with E-state index >= 15 is 0 Å². The van der Waals surface area contributed by atoms with Crippen molar-refractivity contribution in [1.82, 2.24) is 28.5 Å². The summed E-state index contributed by atoms with van der Waals surface area (Å²) in [6.07, 6.45) is 8.28. The highest BCUT2D eigenvalue weighted by atomic mass is 32.2. The highest BCUT2D eigenvalue weighted by molar-refractivity contribution is 7.90. The van der Waals surface area contributed by atoms with Crippen molar-refractivity contribution in [2.75, 3.05) is 13.1 Å². The van der Waals surface area contributed by atoms with E-state index in [1.54, 1.807) is 41.6 Å². The van der Waals surface area contributed by atoms with Gasteiger partial charge in [-0.3, -0.25) is 9.38 Å². The lowest BCUT2D eigenvalue weighted by atomic mass is 10.0. The molecule has 0 saturated heterocycles. The zero-order valence-corrected chi connectivity index (χ0v) is 19.9. The minimum absolute atomic E-state index is 0.0170. The van der Waals surface area contributed by atoms with E-state index in [2.05, 4.69) is 15.1 Å². The molecule has 0 spiro atoms. The molecule has 10 nitrogen and oxygen atoms in total. The first-order valence-corrected chi connectivity index (χ1v) is 12.3. The van der Waals surface area contributed by atoms with Crippen LogP contribution in [-0.2, 0) is 14.8 Å². The molecule has 0 N–H and O–H groups in total. The van der Waals surface area contributed by atoms with E-state index in [0.29, 0.717) is 36.2 Å². The molecule has 0 atom stereocenters. The number of rotatable bonds is 3. The molecule has 0 saturated carbocycles. The number of hydrogen-bond donors (Lipinski definition) is 0. The molecule has 5 heterocycles. The van der Waals surface area contributed by atoms with E-state index in [1.165, 1.54) is 16.8 Å². The lowest BCUT2D eigenvalue weighted by molar-refractivity contribution is 0.0270. The van der Waals surface area contributed by atoms with Crippen LogP contribution < -0.4 is 0 Å². The van der Waals surface area contributed by atoms with Gasteiger partial charge in [-0.2, -0.15) is 17.6 Å². The minimum Gasteiger partial charge on any atom is -0.444 e. The number of ether oxygens (including phenoxy) is 1. The van der Waals surface area contributed by atoms with E-state index in [-0.39, 0.29) is 11.1 Å². The van der Waals surface area contributed by atoms with E-state index in [0.717, 1.165) is 15.2 Å². The van der Waals surface area contributed by atoms with Crippen LogP contribution >= 0.6 is 0 Å². The molecule has 0 radical (unpaired) electrons. The molecular formula is C23H24N6O4S. The maximum absolute atomic E-state index is 13.4. The summed E-state index contributed by atoms with van der Waals surface area (Å²) >= 11 is 0. The van der Waals surface area contributed by atoms with Gasteiger partial charge in [-0.25, -0.2) is 9.78 Å². The van der Waals surface area contributed by atoms with E-state index < -0.39 is 15.6 Å². The van der Waals surface area contributed by atoms with Crippen molar-refractivity contribution in [3.8, 4) is 0 Å². The van der Waals surface area contributed by atoms with Gasteiger partial charge in [-0.15, -0.1) is 0 Å². The predicted molar refractivity (Wildman–Crippen MR) is 126 cm³/mol. The normalized spacial score (nSPS) is 15.0. The first-order chi connectivity index (χ1) is 16.1. The van der Waals surface area contributed by atoms with Crippen LogP contribution in [0.4, 0.5) is 4.79 Å². The number of pyridine rings is 2. The van der Waals surface area contributed by atoms with Crippen LogP contribution in [0.5, 0.6) is 0 Å². The molecule has 1 aliphatic rings. The summed E-state index contributed by atoms with van der Waals surface area (Å²) in [5.74, 6) is 0. The summed E-state index contributed by atoms with van der Waals surface area (Å²) in [7, 11) is -4.01. The first-order valence-electron chi connectivity index (χ1n) is 10.8. The highest BCUT2D eigenvalue weighted by Gasteiger charge is 2.27. The Morgan fingerprint density at radius 2 is 1.94 bits per heavy atom. The summed E-state index contributed by atoms with van der Waals surface area (Å²) in [5, 5.41) is 4.14. The maximum atomic E-state index is 13.4. The maximum Gasteiger partial charge on any atom is 0.410 e. The monoisotopic (exact) mass is 480 g/mol. The summed E-state index contributed by atoms with van der Waals surface area (Å²) in [4.78, 5) is 22.6. The Bertz CT molecular complexity index is 1540. The third-order valence-electron chi connectivity index (χ3n) is 5.49. The Kier molecular flexibility index (Phi) is 5.16. The van der Waals surface area contributed by atoms with Crippen molar-refractivity contribution >= 4 is 38.4 Å². The molecule has 0 aromatic carbocycles. The number of aromatic nitrogens is 5. The van der Waals surface area contributed by atoms with Crippen LogP contribution in [0.15, 0.2) is 60.2 Å². The summed E-state index contributed by atoms with van der Waals surface area (Å²) in [5.41, 5.74) is 2.58. The van der Waals surface area contributed by atoms with Crippen molar-refractivity contribution in [2.24, 2.45) is 0 Å². The standard InChI is InChI=1S/C23H24N6O4S/c1-23(2,3)33-22(30)27-10-7-16(8-11-27)17-12-19-18(24-13-17)14-26-29(19)34(31,32)21-15-25-20-6-4-5-9-28(20)21/h4-7,9,12-15H,8,10-11H2,1-3H3. The molecule has 4 aromatic rings. The summed E-state index contributed by atoms with van der Waals surface area (Å²) in [6, 6.07) is 7.03. The van der Waals surface area contributed by atoms with Gasteiger partial charge in [0.1, 0.15) is 22.3 Å². The smallest absolute Gasteiger partial charge is 0.410 e. The van der Waals surface area contributed by atoms with Crippen LogP contribution in [0.3, 0.4) is 0 Å². The van der Waals surface area contributed by atoms with Gasteiger partial charge < -0.3 is 9.64 Å². The number of imidazole rings is 1. The molecule has 1 aliphatic heterocycles. The molecule has 0 bridgehead atoms. The Morgan fingerprint density at radius 3 is 2.68 bits per heavy atom. The summed E-state index contributed by atoms with van der Waals surface area (Å²) < 4.78 is 34.8. The average Bonchev–Trinajstić information content (AvgIpc) is 3.43. The number of amides is 1. The fourth-order valence-corrected chi connectivity index (χ4v) is 5.21. The molecule has 0 aliphatic carbocycles. The van der Waals surface area contributed by atoms with Crippen LogP contribution in [0.1, 0.15) is 32.8 Å². The van der Waals surface area contributed by atoms with Crippen LogP contribution in [-0.4, -0.2) is 61.7 Å². The zero-order chi connectivity index (χ0) is 24.1. The van der Waals surface area contributed by atoms with Crippen molar-refractivity contribution < 1.29 is 17.9 Å². The average molecular weight is 481 g/mol. The van der Waals surface area contributed by atoms with Gasteiger partial charge in [0.15, 0.2) is 5.03 Å². The number of carbonyl (C=O) groups is 1. The first kappa shape index (κ1) is 22.1. The van der Waals surface area contributed by atoms with Crippen LogP contribution in [0.2, 0.25) is 0 Å². The lowest BCUT2D eigenvalue weighted by Crippen LogP contribution is -2.39. The quantitative estimate of drug-likeness (QED) is 0.442. The van der Waals surface area contributed by atoms with Crippen molar-refractivity contribution in [2.45, 2.75) is 37.8 Å². The van der Waals surface area contributed by atoms with Crippen molar-refractivity contribution in [1.29, 1.82) is 0 Å². The molecule has 0 unspecified atom stereocenters. The van der Waals surface area contributed by atoms with Gasteiger partial charge in [-0.05, 0) is 56.5 Å². The molecule has 5 rings (SSSR count). The fraction of sp³-hybridized carbons (Fsp3) is 0.304. The fourth-order valence-electron chi connectivity index (χ4n) is 3.87. The summed E-state index contributed by atoms with van der Waals surface area (Å²) in [6.45, 7) is 6.41. The van der Waals surface area contributed by atoms with Gasteiger partial charge >= 0.3 is 16.1 Å². The molecule has 34 heavy (non-hydrogen) atoms. The largest absolute Gasteiger partial charge is 0.444 e. The van der Waals surface area contributed by atoms with Crippen molar-refractivity contribution in [3.05, 3.63) is 60.7 Å². The minimum atomic E-state index is -4.01. The van der Waals surface area contributed by atoms with Crippen LogP contribution in [0.25, 0.3) is 22.3 Å². The number of fused-ring (bicyclic) bond motifs is 2. The lowest BCUT2D eigenvalue weighted by Gasteiger charge is -2.29. The molecular weight excluding hydrogens is 456 g/mol. The van der Waals surface area contributed by atoms with Gasteiger partial charge in [0.05, 0.1) is 12.4 Å². The third kappa shape index (κ3) is 3.92. The van der Waals surface area contributed by atoms with Crippen LogP contribution in [0, 0.1) is 0 Å². The Labute approximate surface area is 196 Å². The highest BCUT2D eigenvalue weighted by Crippen LogP contribution is 2.27. The zero-order valence-electron chi connectivity index (χ0n) is 19.0.